The molecule has 1 aromatic heterocycles. The van der Waals surface area contributed by atoms with Crippen LogP contribution in [-0.2, 0) is 16.6 Å². The van der Waals surface area contributed by atoms with E-state index in [-0.39, 0.29) is 17.5 Å². The summed E-state index contributed by atoms with van der Waals surface area (Å²) in [5.74, 6) is 0. The van der Waals surface area contributed by atoms with Crippen LogP contribution in [0.2, 0.25) is 5.02 Å². The lowest BCUT2D eigenvalue weighted by atomic mass is 10.2. The largest absolute Gasteiger partial charge is 0.326 e. The zero-order valence-electron chi connectivity index (χ0n) is 11.7. The SMILES string of the molecule is CC(C)n1cc(NS(=O)(=O)c2ccc(CN)c(Cl)c2)cn1. The van der Waals surface area contributed by atoms with E-state index in [1.807, 2.05) is 13.8 Å². The molecule has 0 fully saturated rings. The van der Waals surface area contributed by atoms with Crippen LogP contribution >= 0.6 is 11.6 Å². The highest BCUT2D eigenvalue weighted by Gasteiger charge is 2.16. The van der Waals surface area contributed by atoms with Crippen LogP contribution in [0.4, 0.5) is 5.69 Å². The Bertz CT molecular complexity index is 740. The van der Waals surface area contributed by atoms with Crippen molar-refractivity contribution in [2.24, 2.45) is 5.73 Å². The minimum absolute atomic E-state index is 0.0852. The molecule has 2 aromatic rings. The third-order valence-electron chi connectivity index (χ3n) is 2.94. The Balaban J connectivity index is 2.27. The molecule has 8 heteroatoms. The van der Waals surface area contributed by atoms with Gasteiger partial charge in [0.15, 0.2) is 0 Å². The van der Waals surface area contributed by atoms with Crippen molar-refractivity contribution in [3.63, 3.8) is 0 Å². The number of halogens is 1. The molecule has 0 aliphatic rings. The van der Waals surface area contributed by atoms with E-state index in [1.54, 1.807) is 16.9 Å². The molecule has 0 bridgehead atoms. The van der Waals surface area contributed by atoms with E-state index in [1.165, 1.54) is 18.3 Å². The van der Waals surface area contributed by atoms with Crippen molar-refractivity contribution < 1.29 is 8.42 Å². The number of rotatable bonds is 5. The van der Waals surface area contributed by atoms with Crippen LogP contribution in [0.5, 0.6) is 0 Å². The van der Waals surface area contributed by atoms with Crippen LogP contribution < -0.4 is 10.5 Å². The molecule has 0 saturated heterocycles. The molecule has 21 heavy (non-hydrogen) atoms. The number of anilines is 1. The van der Waals surface area contributed by atoms with Gasteiger partial charge in [0.05, 0.1) is 16.8 Å². The van der Waals surface area contributed by atoms with Crippen molar-refractivity contribution in [3.8, 4) is 0 Å². The summed E-state index contributed by atoms with van der Waals surface area (Å²) in [7, 11) is -3.70. The first-order valence-electron chi connectivity index (χ1n) is 6.39. The first kappa shape index (κ1) is 15.8. The van der Waals surface area contributed by atoms with E-state index in [4.69, 9.17) is 17.3 Å². The van der Waals surface area contributed by atoms with Crippen molar-refractivity contribution >= 4 is 27.3 Å². The Labute approximate surface area is 129 Å². The van der Waals surface area contributed by atoms with Gasteiger partial charge in [0.25, 0.3) is 10.0 Å². The number of nitrogens with one attached hydrogen (secondary N) is 1. The van der Waals surface area contributed by atoms with Crippen molar-refractivity contribution in [2.75, 3.05) is 4.72 Å². The van der Waals surface area contributed by atoms with Crippen LogP contribution in [0.1, 0.15) is 25.5 Å². The van der Waals surface area contributed by atoms with E-state index in [0.29, 0.717) is 16.3 Å². The summed E-state index contributed by atoms with van der Waals surface area (Å²) in [6.45, 7) is 4.17. The van der Waals surface area contributed by atoms with Gasteiger partial charge in [-0.3, -0.25) is 9.40 Å². The normalized spacial score (nSPS) is 11.9. The Morgan fingerprint density at radius 1 is 1.43 bits per heavy atom. The number of sulfonamides is 1. The summed E-state index contributed by atoms with van der Waals surface area (Å²) < 4.78 is 28.7. The number of nitrogens with zero attached hydrogens (tertiary/aromatic N) is 2. The molecule has 114 valence electrons. The topological polar surface area (TPSA) is 90.0 Å². The molecule has 0 spiro atoms. The van der Waals surface area contributed by atoms with Gasteiger partial charge in [-0.1, -0.05) is 17.7 Å². The van der Waals surface area contributed by atoms with Crippen molar-refractivity contribution in [1.82, 2.24) is 9.78 Å². The first-order chi connectivity index (χ1) is 9.83. The molecule has 0 aliphatic carbocycles. The zero-order valence-corrected chi connectivity index (χ0v) is 13.3. The summed E-state index contributed by atoms with van der Waals surface area (Å²) in [6.07, 6.45) is 3.10. The van der Waals surface area contributed by atoms with Crippen molar-refractivity contribution in [3.05, 3.63) is 41.2 Å². The summed E-state index contributed by atoms with van der Waals surface area (Å²) in [5.41, 5.74) is 6.61. The lowest BCUT2D eigenvalue weighted by molar-refractivity contribution is 0.532. The molecular formula is C13H17ClN4O2S. The number of aromatic nitrogens is 2. The lowest BCUT2D eigenvalue weighted by Gasteiger charge is -2.08. The summed E-state index contributed by atoms with van der Waals surface area (Å²) >= 11 is 6.00. The zero-order chi connectivity index (χ0) is 15.6. The van der Waals surface area contributed by atoms with Gasteiger partial charge in [-0.05, 0) is 31.5 Å². The third kappa shape index (κ3) is 3.55. The van der Waals surface area contributed by atoms with Gasteiger partial charge in [-0.2, -0.15) is 5.10 Å². The Kier molecular flexibility index (Phi) is 4.55. The third-order valence-corrected chi connectivity index (χ3v) is 4.67. The predicted octanol–water partition coefficient (Wildman–Crippen LogP) is 2.38. The number of hydrogen-bond donors (Lipinski definition) is 2. The highest BCUT2D eigenvalue weighted by Crippen LogP contribution is 2.22. The smallest absolute Gasteiger partial charge is 0.262 e. The number of nitrogens with two attached hydrogens (primary N) is 1. The highest BCUT2D eigenvalue weighted by molar-refractivity contribution is 7.92. The second kappa shape index (κ2) is 6.05. The molecule has 0 atom stereocenters. The van der Waals surface area contributed by atoms with E-state index < -0.39 is 10.0 Å². The van der Waals surface area contributed by atoms with E-state index in [0.717, 1.165) is 0 Å². The number of benzene rings is 1. The maximum atomic E-state index is 12.3. The van der Waals surface area contributed by atoms with Gasteiger partial charge in [0.2, 0.25) is 0 Å². The molecular weight excluding hydrogens is 312 g/mol. The minimum atomic E-state index is -3.70. The molecule has 2 rings (SSSR count). The quantitative estimate of drug-likeness (QED) is 0.881. The molecule has 0 aliphatic heterocycles. The van der Waals surface area contributed by atoms with Gasteiger partial charge in [-0.15, -0.1) is 0 Å². The van der Waals surface area contributed by atoms with Crippen LogP contribution in [0.25, 0.3) is 0 Å². The molecule has 0 unspecified atom stereocenters. The summed E-state index contributed by atoms with van der Waals surface area (Å²) in [4.78, 5) is 0.0852. The minimum Gasteiger partial charge on any atom is -0.326 e. The molecule has 1 heterocycles. The monoisotopic (exact) mass is 328 g/mol. The lowest BCUT2D eigenvalue weighted by Crippen LogP contribution is -2.13. The fourth-order valence-corrected chi connectivity index (χ4v) is 3.12. The Morgan fingerprint density at radius 3 is 2.67 bits per heavy atom. The highest BCUT2D eigenvalue weighted by atomic mass is 35.5. The van der Waals surface area contributed by atoms with E-state index in [9.17, 15) is 8.42 Å². The Hall–Kier alpha value is -1.57. The average molecular weight is 329 g/mol. The van der Waals surface area contributed by atoms with Crippen LogP contribution in [0, 0.1) is 0 Å². The van der Waals surface area contributed by atoms with Crippen LogP contribution in [-0.4, -0.2) is 18.2 Å². The number of hydrogen-bond acceptors (Lipinski definition) is 4. The molecule has 0 radical (unpaired) electrons. The van der Waals surface area contributed by atoms with Gasteiger partial charge in [-0.25, -0.2) is 8.42 Å². The van der Waals surface area contributed by atoms with Gasteiger partial charge in [0.1, 0.15) is 0 Å². The molecule has 3 N–H and O–H groups in total. The second-order valence-corrected chi connectivity index (χ2v) is 6.96. The van der Waals surface area contributed by atoms with Crippen molar-refractivity contribution in [1.29, 1.82) is 0 Å². The standard InChI is InChI=1S/C13H17ClN4O2S/c1-9(2)18-8-11(7-16-18)17-21(19,20)12-4-3-10(6-15)13(14)5-12/h3-5,7-9,17H,6,15H2,1-2H3. The predicted molar refractivity (Wildman–Crippen MR) is 82.8 cm³/mol. The van der Waals surface area contributed by atoms with Gasteiger partial charge >= 0.3 is 0 Å². The average Bonchev–Trinajstić information content (AvgIpc) is 2.86. The second-order valence-electron chi connectivity index (χ2n) is 4.87. The fourth-order valence-electron chi connectivity index (χ4n) is 1.75. The van der Waals surface area contributed by atoms with Gasteiger partial charge < -0.3 is 5.73 Å². The molecule has 1 aromatic carbocycles. The molecule has 0 amide bonds. The maximum absolute atomic E-state index is 12.3. The summed E-state index contributed by atoms with van der Waals surface area (Å²) in [5, 5.41) is 4.42. The van der Waals surface area contributed by atoms with Crippen molar-refractivity contribution in [2.45, 2.75) is 31.3 Å². The molecule has 6 nitrogen and oxygen atoms in total. The fraction of sp³-hybridized carbons (Fsp3) is 0.308. The first-order valence-corrected chi connectivity index (χ1v) is 8.25. The van der Waals surface area contributed by atoms with Crippen LogP contribution in [0.15, 0.2) is 35.5 Å². The molecule has 0 saturated carbocycles. The van der Waals surface area contributed by atoms with Gasteiger partial charge in [0, 0.05) is 23.8 Å². The van der Waals surface area contributed by atoms with E-state index in [2.05, 4.69) is 9.82 Å². The van der Waals surface area contributed by atoms with Crippen LogP contribution in [0.3, 0.4) is 0 Å². The summed E-state index contributed by atoms with van der Waals surface area (Å²) in [6, 6.07) is 4.62. The Morgan fingerprint density at radius 2 is 2.14 bits per heavy atom. The maximum Gasteiger partial charge on any atom is 0.262 e. The van der Waals surface area contributed by atoms with E-state index >= 15 is 0 Å².